The Labute approximate surface area is 96.6 Å². The first-order chi connectivity index (χ1) is 7.75. The van der Waals surface area contributed by atoms with E-state index in [4.69, 9.17) is 5.11 Å². The van der Waals surface area contributed by atoms with Gasteiger partial charge in [0.2, 0.25) is 5.91 Å². The lowest BCUT2D eigenvalue weighted by atomic mass is 10.1. The maximum absolute atomic E-state index is 11.6. The minimum Gasteiger partial charge on any atom is -0.479 e. The van der Waals surface area contributed by atoms with Crippen molar-refractivity contribution in [2.75, 3.05) is 19.8 Å². The van der Waals surface area contributed by atoms with Crippen molar-refractivity contribution in [2.24, 2.45) is 0 Å². The summed E-state index contributed by atoms with van der Waals surface area (Å²) in [5, 5.41) is 19.9. The highest BCUT2D eigenvalue weighted by molar-refractivity contribution is 5.80. The van der Waals surface area contributed by atoms with Gasteiger partial charge in [-0.1, -0.05) is 0 Å². The molecule has 3 N–H and O–H groups in total. The summed E-state index contributed by atoms with van der Waals surface area (Å²) in [5.74, 6) is -2.05. The molecule has 0 aliphatic rings. The number of aliphatic hydroxyl groups is 1. The van der Waals surface area contributed by atoms with Crippen molar-refractivity contribution in [3.05, 3.63) is 0 Å². The molecular weight excluding hydrogens is 240 g/mol. The van der Waals surface area contributed by atoms with Crippen LogP contribution in [0.25, 0.3) is 0 Å². The number of carboxylic acids is 1. The fourth-order valence-electron chi connectivity index (χ4n) is 0.772. The van der Waals surface area contributed by atoms with Crippen molar-refractivity contribution in [3.63, 3.8) is 0 Å². The number of ether oxygens (including phenoxy) is 1. The SMILES string of the molecule is CC(O)(CNC(=O)CCOCC(F)F)C(=O)O. The van der Waals surface area contributed by atoms with Crippen molar-refractivity contribution in [1.29, 1.82) is 0 Å². The van der Waals surface area contributed by atoms with Gasteiger partial charge in [-0.25, -0.2) is 13.6 Å². The average molecular weight is 255 g/mol. The van der Waals surface area contributed by atoms with Gasteiger partial charge in [-0.15, -0.1) is 0 Å². The molecule has 0 saturated heterocycles. The van der Waals surface area contributed by atoms with Gasteiger partial charge in [0.15, 0.2) is 5.60 Å². The topological polar surface area (TPSA) is 95.9 Å². The number of nitrogens with one attached hydrogen (secondary N) is 1. The van der Waals surface area contributed by atoms with Gasteiger partial charge in [0, 0.05) is 6.42 Å². The summed E-state index contributed by atoms with van der Waals surface area (Å²) in [6, 6.07) is 0. The Morgan fingerprint density at radius 2 is 2.06 bits per heavy atom. The molecule has 0 fully saturated rings. The molecule has 0 aliphatic carbocycles. The molecule has 0 spiro atoms. The molecule has 17 heavy (non-hydrogen) atoms. The van der Waals surface area contributed by atoms with E-state index in [1.165, 1.54) is 0 Å². The molecule has 0 aromatic heterocycles. The number of carbonyl (C=O) groups excluding carboxylic acids is 1. The highest BCUT2D eigenvalue weighted by Crippen LogP contribution is 2.01. The van der Waals surface area contributed by atoms with Crippen LogP contribution < -0.4 is 5.32 Å². The molecule has 6 nitrogen and oxygen atoms in total. The van der Waals surface area contributed by atoms with Gasteiger partial charge in [-0.3, -0.25) is 4.79 Å². The molecule has 0 aromatic carbocycles. The van der Waals surface area contributed by atoms with Crippen LogP contribution in [-0.2, 0) is 14.3 Å². The molecule has 0 rings (SSSR count). The van der Waals surface area contributed by atoms with Crippen LogP contribution in [0.2, 0.25) is 0 Å². The molecule has 100 valence electrons. The third-order valence-corrected chi connectivity index (χ3v) is 1.81. The number of amides is 1. The summed E-state index contributed by atoms with van der Waals surface area (Å²) < 4.78 is 27.7. The summed E-state index contributed by atoms with van der Waals surface area (Å²) in [7, 11) is 0. The first-order valence-electron chi connectivity index (χ1n) is 4.84. The molecule has 0 radical (unpaired) electrons. The van der Waals surface area contributed by atoms with E-state index in [9.17, 15) is 23.5 Å². The van der Waals surface area contributed by atoms with E-state index in [-0.39, 0.29) is 13.0 Å². The predicted molar refractivity (Wildman–Crippen MR) is 52.7 cm³/mol. The second kappa shape index (κ2) is 7.13. The van der Waals surface area contributed by atoms with Crippen LogP contribution in [0.15, 0.2) is 0 Å². The minimum absolute atomic E-state index is 0.178. The van der Waals surface area contributed by atoms with Crippen LogP contribution in [0.1, 0.15) is 13.3 Å². The van der Waals surface area contributed by atoms with E-state index in [1.54, 1.807) is 0 Å². The van der Waals surface area contributed by atoms with E-state index in [1.807, 2.05) is 0 Å². The minimum atomic E-state index is -2.59. The lowest BCUT2D eigenvalue weighted by molar-refractivity contribution is -0.156. The molecule has 1 amide bonds. The van der Waals surface area contributed by atoms with Crippen molar-refractivity contribution in [2.45, 2.75) is 25.4 Å². The molecule has 0 aliphatic heterocycles. The van der Waals surface area contributed by atoms with E-state index < -0.39 is 37.1 Å². The standard InChI is InChI=1S/C9H15F2NO5/c1-9(16,8(14)15)5-12-7(13)2-3-17-4-6(10)11/h6,16H,2-5H2,1H3,(H,12,13)(H,14,15). The van der Waals surface area contributed by atoms with Crippen molar-refractivity contribution in [3.8, 4) is 0 Å². The number of hydrogen-bond acceptors (Lipinski definition) is 4. The second-order valence-corrected chi connectivity index (χ2v) is 3.57. The molecule has 0 heterocycles. The predicted octanol–water partition coefficient (Wildman–Crippen LogP) is -0.390. The fraction of sp³-hybridized carbons (Fsp3) is 0.778. The molecule has 1 atom stereocenters. The number of aliphatic carboxylic acids is 1. The second-order valence-electron chi connectivity index (χ2n) is 3.57. The highest BCUT2D eigenvalue weighted by Gasteiger charge is 2.30. The van der Waals surface area contributed by atoms with Gasteiger partial charge in [-0.05, 0) is 6.92 Å². The van der Waals surface area contributed by atoms with Crippen LogP contribution >= 0.6 is 0 Å². The van der Waals surface area contributed by atoms with E-state index in [0.717, 1.165) is 6.92 Å². The quantitative estimate of drug-likeness (QED) is 0.513. The Bertz CT molecular complexity index is 270. The van der Waals surface area contributed by atoms with Gasteiger partial charge >= 0.3 is 5.97 Å². The van der Waals surface area contributed by atoms with Gasteiger partial charge in [0.1, 0.15) is 6.61 Å². The van der Waals surface area contributed by atoms with E-state index in [2.05, 4.69) is 10.1 Å². The monoisotopic (exact) mass is 255 g/mol. The van der Waals surface area contributed by atoms with Crippen LogP contribution in [0.3, 0.4) is 0 Å². The molecule has 0 aromatic rings. The zero-order chi connectivity index (χ0) is 13.5. The highest BCUT2D eigenvalue weighted by atomic mass is 19.3. The lowest BCUT2D eigenvalue weighted by Crippen LogP contribution is -2.46. The number of rotatable bonds is 8. The van der Waals surface area contributed by atoms with Crippen molar-refractivity contribution < 1.29 is 33.3 Å². The molecule has 0 bridgehead atoms. The summed E-state index contributed by atoms with van der Waals surface area (Å²) in [4.78, 5) is 21.5. The zero-order valence-corrected chi connectivity index (χ0v) is 9.28. The summed E-state index contributed by atoms with van der Waals surface area (Å²) in [6.45, 7) is -0.371. The van der Waals surface area contributed by atoms with Gasteiger partial charge < -0.3 is 20.3 Å². The smallest absolute Gasteiger partial charge is 0.337 e. The average Bonchev–Trinajstić information content (AvgIpc) is 2.21. The van der Waals surface area contributed by atoms with Crippen LogP contribution in [-0.4, -0.2) is 53.9 Å². The first kappa shape index (κ1) is 15.7. The van der Waals surface area contributed by atoms with Crippen LogP contribution in [0.4, 0.5) is 8.78 Å². The number of carboxylic acid groups (broad SMARTS) is 1. The maximum Gasteiger partial charge on any atom is 0.337 e. The van der Waals surface area contributed by atoms with Gasteiger partial charge in [-0.2, -0.15) is 0 Å². The maximum atomic E-state index is 11.6. The molecule has 0 saturated carbocycles. The number of halogens is 2. The lowest BCUT2D eigenvalue weighted by Gasteiger charge is -2.18. The largest absolute Gasteiger partial charge is 0.479 e. The Hall–Kier alpha value is -1.28. The number of alkyl halides is 2. The number of carbonyl (C=O) groups is 2. The van der Waals surface area contributed by atoms with Gasteiger partial charge in [0.05, 0.1) is 13.2 Å². The van der Waals surface area contributed by atoms with Gasteiger partial charge in [0.25, 0.3) is 6.43 Å². The zero-order valence-electron chi connectivity index (χ0n) is 9.28. The van der Waals surface area contributed by atoms with Crippen LogP contribution in [0, 0.1) is 0 Å². The Morgan fingerprint density at radius 1 is 1.47 bits per heavy atom. The third kappa shape index (κ3) is 7.58. The summed E-state index contributed by atoms with van der Waals surface area (Å²) >= 11 is 0. The van der Waals surface area contributed by atoms with Crippen LogP contribution in [0.5, 0.6) is 0 Å². The van der Waals surface area contributed by atoms with Crippen molar-refractivity contribution in [1.82, 2.24) is 5.32 Å². The molecule has 8 heteroatoms. The normalized spacial score (nSPS) is 14.4. The van der Waals surface area contributed by atoms with Crippen molar-refractivity contribution >= 4 is 11.9 Å². The fourth-order valence-corrected chi connectivity index (χ4v) is 0.772. The Balaban J connectivity index is 3.70. The first-order valence-corrected chi connectivity index (χ1v) is 4.84. The third-order valence-electron chi connectivity index (χ3n) is 1.81. The Morgan fingerprint density at radius 3 is 2.53 bits per heavy atom. The Kier molecular flexibility index (Phi) is 6.59. The molecular formula is C9H15F2NO5. The summed E-state index contributed by atoms with van der Waals surface area (Å²) in [5.41, 5.74) is -2.06. The molecule has 1 unspecified atom stereocenters. The number of hydrogen-bond donors (Lipinski definition) is 3. The van der Waals surface area contributed by atoms with E-state index in [0.29, 0.717) is 0 Å². The summed E-state index contributed by atoms with van der Waals surface area (Å²) in [6.07, 6.45) is -2.77. The van der Waals surface area contributed by atoms with E-state index >= 15 is 0 Å².